The summed E-state index contributed by atoms with van der Waals surface area (Å²) in [5.41, 5.74) is 2.00. The van der Waals surface area contributed by atoms with Crippen LogP contribution in [0, 0.1) is 11.3 Å². The molecule has 154 valence electrons. The number of benzene rings is 3. The van der Waals surface area contributed by atoms with Gasteiger partial charge in [0.1, 0.15) is 11.6 Å². The summed E-state index contributed by atoms with van der Waals surface area (Å²) >= 11 is 0. The van der Waals surface area contributed by atoms with E-state index in [1.54, 1.807) is 17.0 Å². The number of hydrogen-bond donors (Lipinski definition) is 1. The molecular formula is C26H23N3O2. The summed E-state index contributed by atoms with van der Waals surface area (Å²) in [5, 5.41) is 14.6. The van der Waals surface area contributed by atoms with Crippen molar-refractivity contribution in [1.29, 1.82) is 5.26 Å². The summed E-state index contributed by atoms with van der Waals surface area (Å²) in [6.07, 6.45) is 2.93. The van der Waals surface area contributed by atoms with Gasteiger partial charge < -0.3 is 10.2 Å². The Morgan fingerprint density at radius 2 is 1.74 bits per heavy atom. The van der Waals surface area contributed by atoms with Gasteiger partial charge in [0, 0.05) is 23.2 Å². The maximum atomic E-state index is 13.3. The fourth-order valence-corrected chi connectivity index (χ4v) is 4.00. The van der Waals surface area contributed by atoms with Crippen molar-refractivity contribution in [2.24, 2.45) is 0 Å². The van der Waals surface area contributed by atoms with Crippen molar-refractivity contribution in [2.75, 3.05) is 16.8 Å². The minimum absolute atomic E-state index is 0.164. The van der Waals surface area contributed by atoms with Crippen molar-refractivity contribution in [1.82, 2.24) is 0 Å². The molecule has 0 bridgehead atoms. The van der Waals surface area contributed by atoms with Crippen LogP contribution in [-0.2, 0) is 9.59 Å². The van der Waals surface area contributed by atoms with E-state index in [0.29, 0.717) is 17.8 Å². The molecule has 1 aliphatic heterocycles. The molecule has 3 aromatic carbocycles. The zero-order valence-corrected chi connectivity index (χ0v) is 17.4. The second-order valence-corrected chi connectivity index (χ2v) is 7.52. The Kier molecular flexibility index (Phi) is 5.81. The van der Waals surface area contributed by atoms with Crippen molar-refractivity contribution < 1.29 is 9.59 Å². The third kappa shape index (κ3) is 3.80. The van der Waals surface area contributed by atoms with E-state index in [1.165, 1.54) is 0 Å². The van der Waals surface area contributed by atoms with Gasteiger partial charge in [0.15, 0.2) is 0 Å². The predicted octanol–water partition coefficient (Wildman–Crippen LogP) is 5.29. The first kappa shape index (κ1) is 20.4. The smallest absolute Gasteiger partial charge is 0.267 e. The molecule has 0 unspecified atom stereocenters. The molecule has 1 aliphatic rings. The minimum atomic E-state index is -0.576. The maximum Gasteiger partial charge on any atom is 0.267 e. The van der Waals surface area contributed by atoms with Gasteiger partial charge in [-0.3, -0.25) is 9.59 Å². The molecule has 0 aromatic heterocycles. The van der Waals surface area contributed by atoms with Gasteiger partial charge in [-0.25, -0.2) is 0 Å². The van der Waals surface area contributed by atoms with E-state index in [0.717, 1.165) is 35.7 Å². The fourth-order valence-electron chi connectivity index (χ4n) is 4.00. The van der Waals surface area contributed by atoms with E-state index in [1.807, 2.05) is 60.7 Å². The molecule has 0 fully saturated rings. The number of rotatable bonds is 6. The van der Waals surface area contributed by atoms with Gasteiger partial charge in [0.25, 0.3) is 11.8 Å². The Morgan fingerprint density at radius 3 is 2.55 bits per heavy atom. The van der Waals surface area contributed by atoms with E-state index >= 15 is 0 Å². The normalized spacial score (nSPS) is 14.3. The summed E-state index contributed by atoms with van der Waals surface area (Å²) in [6.45, 7) is 2.67. The Morgan fingerprint density at radius 1 is 1.00 bits per heavy atom. The van der Waals surface area contributed by atoms with Crippen molar-refractivity contribution in [2.45, 2.75) is 26.2 Å². The van der Waals surface area contributed by atoms with Gasteiger partial charge >= 0.3 is 0 Å². The fraction of sp³-hybridized carbons (Fsp3) is 0.192. The van der Waals surface area contributed by atoms with Crippen LogP contribution in [0.25, 0.3) is 16.3 Å². The number of anilines is 2. The van der Waals surface area contributed by atoms with E-state index in [-0.39, 0.29) is 17.1 Å². The number of carbonyl (C=O) groups excluding carboxylic acids is 2. The molecule has 4 rings (SSSR count). The van der Waals surface area contributed by atoms with Crippen molar-refractivity contribution in [3.63, 3.8) is 0 Å². The van der Waals surface area contributed by atoms with E-state index in [9.17, 15) is 14.9 Å². The van der Waals surface area contributed by atoms with Crippen LogP contribution < -0.4 is 10.2 Å². The highest BCUT2D eigenvalue weighted by atomic mass is 16.2. The van der Waals surface area contributed by atoms with E-state index in [2.05, 4.69) is 12.2 Å². The average molecular weight is 409 g/mol. The molecule has 5 nitrogen and oxygen atoms in total. The molecule has 2 amide bonds. The quantitative estimate of drug-likeness (QED) is 0.341. The third-order valence-electron chi connectivity index (χ3n) is 5.54. The number of nitriles is 1. The number of fused-ring (bicyclic) bond motifs is 2. The van der Waals surface area contributed by atoms with Gasteiger partial charge in [-0.15, -0.1) is 0 Å². The van der Waals surface area contributed by atoms with Gasteiger partial charge in [0.2, 0.25) is 0 Å². The van der Waals surface area contributed by atoms with Crippen molar-refractivity contribution >= 4 is 39.5 Å². The van der Waals surface area contributed by atoms with Gasteiger partial charge in [0.05, 0.1) is 11.3 Å². The molecule has 0 spiro atoms. The molecule has 0 atom stereocenters. The summed E-state index contributed by atoms with van der Waals surface area (Å²) in [7, 11) is 0. The van der Waals surface area contributed by atoms with Crippen LogP contribution in [0.15, 0.2) is 72.3 Å². The molecule has 1 N–H and O–H groups in total. The van der Waals surface area contributed by atoms with Crippen LogP contribution in [0.3, 0.4) is 0 Å². The second-order valence-electron chi connectivity index (χ2n) is 7.52. The molecule has 0 aliphatic carbocycles. The lowest BCUT2D eigenvalue weighted by Crippen LogP contribution is -2.28. The molecule has 0 radical (unpaired) electrons. The Balaban J connectivity index is 1.73. The van der Waals surface area contributed by atoms with Crippen LogP contribution in [0.4, 0.5) is 11.4 Å². The highest BCUT2D eigenvalue weighted by Gasteiger charge is 2.36. The molecule has 0 saturated heterocycles. The van der Waals surface area contributed by atoms with Gasteiger partial charge in [-0.1, -0.05) is 74.4 Å². The third-order valence-corrected chi connectivity index (χ3v) is 5.54. The van der Waals surface area contributed by atoms with Crippen molar-refractivity contribution in [3.05, 3.63) is 77.9 Å². The topological polar surface area (TPSA) is 73.2 Å². The van der Waals surface area contributed by atoms with Crippen LogP contribution >= 0.6 is 0 Å². The van der Waals surface area contributed by atoms with Crippen LogP contribution in [-0.4, -0.2) is 18.4 Å². The molecule has 5 heteroatoms. The van der Waals surface area contributed by atoms with Crippen molar-refractivity contribution in [3.8, 4) is 6.07 Å². The zero-order valence-electron chi connectivity index (χ0n) is 17.4. The lowest BCUT2D eigenvalue weighted by Gasteiger charge is -2.16. The summed E-state index contributed by atoms with van der Waals surface area (Å²) in [4.78, 5) is 28.1. The van der Waals surface area contributed by atoms with Gasteiger partial charge in [-0.05, 0) is 23.9 Å². The predicted molar refractivity (Wildman–Crippen MR) is 123 cm³/mol. The number of hydrogen-bond acceptors (Lipinski definition) is 3. The highest BCUT2D eigenvalue weighted by molar-refractivity contribution is 6.38. The van der Waals surface area contributed by atoms with E-state index in [4.69, 9.17) is 0 Å². The number of nitrogens with one attached hydrogen (secondary N) is 1. The Labute approximate surface area is 181 Å². The van der Waals surface area contributed by atoms with E-state index < -0.39 is 5.91 Å². The largest absolute Gasteiger partial charge is 0.321 e. The number of unbranched alkanes of at least 4 members (excludes halogenated alkanes) is 2. The summed E-state index contributed by atoms with van der Waals surface area (Å²) in [5.74, 6) is -0.866. The standard InChI is InChI=1S/C26H23N3O2/c1-2-3-8-16-29-23-15-7-6-13-20(23)24(26(29)31)21(17-27)25(30)28-22-14-9-11-18-10-4-5-12-19(18)22/h4-7,9-15H,2-3,8,16H2,1H3,(H,28,30). The van der Waals surface area contributed by atoms with Crippen LogP contribution in [0.1, 0.15) is 31.7 Å². The average Bonchev–Trinajstić information content (AvgIpc) is 3.07. The monoisotopic (exact) mass is 409 g/mol. The molecular weight excluding hydrogens is 386 g/mol. The first-order chi connectivity index (χ1) is 15.2. The van der Waals surface area contributed by atoms with Crippen LogP contribution in [0.5, 0.6) is 0 Å². The van der Waals surface area contributed by atoms with Gasteiger partial charge in [-0.2, -0.15) is 5.26 Å². The first-order valence-corrected chi connectivity index (χ1v) is 10.5. The first-order valence-electron chi connectivity index (χ1n) is 10.5. The highest BCUT2D eigenvalue weighted by Crippen LogP contribution is 2.38. The maximum absolute atomic E-state index is 13.3. The molecule has 1 heterocycles. The lowest BCUT2D eigenvalue weighted by atomic mass is 10.0. The zero-order chi connectivity index (χ0) is 21.8. The SMILES string of the molecule is CCCCCN1C(=O)C(=C(C#N)C(=O)Nc2cccc3ccccc23)c2ccccc21. The number of amides is 2. The summed E-state index contributed by atoms with van der Waals surface area (Å²) < 4.78 is 0. The molecule has 31 heavy (non-hydrogen) atoms. The number of carbonyl (C=O) groups is 2. The number of nitrogens with zero attached hydrogens (tertiary/aromatic N) is 2. The minimum Gasteiger partial charge on any atom is -0.321 e. The lowest BCUT2D eigenvalue weighted by molar-refractivity contribution is -0.114. The molecule has 0 saturated carbocycles. The molecule has 3 aromatic rings. The Hall–Kier alpha value is -3.91. The second kappa shape index (κ2) is 8.85. The number of para-hydroxylation sites is 1. The summed E-state index contributed by atoms with van der Waals surface area (Å²) in [6, 6.07) is 22.6. The van der Waals surface area contributed by atoms with Crippen LogP contribution in [0.2, 0.25) is 0 Å². The Bertz CT molecular complexity index is 1230.